The van der Waals surface area contributed by atoms with Crippen LogP contribution in [-0.4, -0.2) is 64.2 Å². The molecule has 2 amide bonds. The number of aromatic nitrogens is 1. The number of oxazole rings is 1. The normalized spacial score (nSPS) is 18.9. The lowest BCUT2D eigenvalue weighted by Crippen LogP contribution is -2.57. The molecular weight excluding hydrogens is 532 g/mol. The van der Waals surface area contributed by atoms with E-state index in [1.807, 2.05) is 73.7 Å². The molecule has 1 unspecified atom stereocenters. The summed E-state index contributed by atoms with van der Waals surface area (Å²) in [5.74, 6) is -0.0680. The molecule has 4 rings (SSSR count). The second-order valence-corrected chi connectivity index (χ2v) is 11.4. The first-order valence-corrected chi connectivity index (χ1v) is 14.5. The number of nitrogens with one attached hydrogen (secondary N) is 1. The molecule has 0 radical (unpaired) electrons. The summed E-state index contributed by atoms with van der Waals surface area (Å²) in [7, 11) is 0. The van der Waals surface area contributed by atoms with E-state index in [2.05, 4.69) is 10.3 Å². The standard InChI is InChI=1S/C33H42N4O5/c1-23(34)30(39)36-29(24(2)42-21-25-9-5-4-6-10-25)32(40)37-17-8-13-28(37)14-15-33(3,22-38)20-26-11-7-12-27(19-26)31-35-16-18-41-31/h4-7,9-12,14-16,18-19,23-24,28-29,38H,8,13,17,20-22,34H2,1-3H3,(H,36,39)/b15-14+/t23-,24?,28-,29-,33-/m0/s1. The molecule has 9 nitrogen and oxygen atoms in total. The molecule has 1 aliphatic rings. The van der Waals surface area contributed by atoms with Crippen molar-refractivity contribution in [3.63, 3.8) is 0 Å². The largest absolute Gasteiger partial charge is 0.445 e. The van der Waals surface area contributed by atoms with Crippen LogP contribution in [0.3, 0.4) is 0 Å². The molecule has 42 heavy (non-hydrogen) atoms. The van der Waals surface area contributed by atoms with Gasteiger partial charge in [0.1, 0.15) is 12.3 Å². The van der Waals surface area contributed by atoms with Gasteiger partial charge in [-0.1, -0.05) is 61.5 Å². The number of likely N-dealkylation sites (tertiary alicyclic amines) is 1. The number of carbonyl (C=O) groups is 2. The average molecular weight is 575 g/mol. The Morgan fingerprint density at radius 3 is 2.67 bits per heavy atom. The van der Waals surface area contributed by atoms with E-state index in [0.717, 1.165) is 29.5 Å². The predicted octanol–water partition coefficient (Wildman–Crippen LogP) is 3.87. The van der Waals surface area contributed by atoms with Crippen molar-refractivity contribution in [1.82, 2.24) is 15.2 Å². The van der Waals surface area contributed by atoms with Crippen LogP contribution >= 0.6 is 0 Å². The first-order valence-electron chi connectivity index (χ1n) is 14.5. The molecule has 0 aliphatic carbocycles. The van der Waals surface area contributed by atoms with Crippen LogP contribution < -0.4 is 11.1 Å². The van der Waals surface area contributed by atoms with Crippen LogP contribution in [0, 0.1) is 5.41 Å². The van der Waals surface area contributed by atoms with E-state index in [9.17, 15) is 14.7 Å². The van der Waals surface area contributed by atoms with Crippen LogP contribution in [0.15, 0.2) is 83.6 Å². The van der Waals surface area contributed by atoms with Gasteiger partial charge in [-0.15, -0.1) is 0 Å². The van der Waals surface area contributed by atoms with Gasteiger partial charge in [0.25, 0.3) is 0 Å². The van der Waals surface area contributed by atoms with Crippen molar-refractivity contribution in [2.75, 3.05) is 13.2 Å². The van der Waals surface area contributed by atoms with Crippen molar-refractivity contribution >= 4 is 11.8 Å². The molecule has 1 saturated heterocycles. The number of rotatable bonds is 13. The molecule has 4 N–H and O–H groups in total. The quantitative estimate of drug-likeness (QED) is 0.264. The number of nitrogens with two attached hydrogens (primary N) is 1. The van der Waals surface area contributed by atoms with E-state index in [1.165, 1.54) is 0 Å². The lowest BCUT2D eigenvalue weighted by atomic mass is 9.83. The fourth-order valence-electron chi connectivity index (χ4n) is 5.17. The van der Waals surface area contributed by atoms with Crippen molar-refractivity contribution in [2.45, 2.75) is 70.9 Å². The molecule has 1 fully saturated rings. The summed E-state index contributed by atoms with van der Waals surface area (Å²) in [5.41, 5.74) is 8.15. The van der Waals surface area contributed by atoms with Crippen molar-refractivity contribution in [2.24, 2.45) is 11.1 Å². The third-order valence-electron chi connectivity index (χ3n) is 7.68. The van der Waals surface area contributed by atoms with Gasteiger partial charge < -0.3 is 30.2 Å². The van der Waals surface area contributed by atoms with Crippen LogP contribution in [0.1, 0.15) is 44.7 Å². The van der Waals surface area contributed by atoms with Crippen LogP contribution in [0.5, 0.6) is 0 Å². The Kier molecular flexibility index (Phi) is 10.7. The molecule has 2 heterocycles. The van der Waals surface area contributed by atoms with Gasteiger partial charge in [-0.3, -0.25) is 9.59 Å². The minimum Gasteiger partial charge on any atom is -0.445 e. The highest BCUT2D eigenvalue weighted by molar-refractivity contribution is 5.90. The minimum absolute atomic E-state index is 0.0647. The van der Waals surface area contributed by atoms with E-state index in [-0.39, 0.29) is 18.6 Å². The molecule has 2 aromatic carbocycles. The maximum Gasteiger partial charge on any atom is 0.248 e. The molecule has 0 spiro atoms. The SMILES string of the molecule is CC(OCc1ccccc1)[C@H](NC(=O)[C@H](C)N)C(=O)N1CCC[C@H]1/C=C/[C@](C)(CO)Cc1cccc(-c2ncco2)c1. The van der Waals surface area contributed by atoms with E-state index in [4.69, 9.17) is 14.9 Å². The molecule has 3 aromatic rings. The van der Waals surface area contributed by atoms with Crippen molar-refractivity contribution in [1.29, 1.82) is 0 Å². The van der Waals surface area contributed by atoms with E-state index < -0.39 is 29.5 Å². The Bertz CT molecular complexity index is 1330. The second-order valence-electron chi connectivity index (χ2n) is 11.4. The fourth-order valence-corrected chi connectivity index (χ4v) is 5.17. The zero-order chi connectivity index (χ0) is 30.1. The van der Waals surface area contributed by atoms with Gasteiger partial charge in [0.2, 0.25) is 17.7 Å². The van der Waals surface area contributed by atoms with Crippen molar-refractivity contribution < 1.29 is 23.8 Å². The van der Waals surface area contributed by atoms with Crippen LogP contribution in [0.4, 0.5) is 0 Å². The van der Waals surface area contributed by atoms with Crippen molar-refractivity contribution in [3.8, 4) is 11.5 Å². The molecular formula is C33H42N4O5. The zero-order valence-electron chi connectivity index (χ0n) is 24.6. The Morgan fingerprint density at radius 2 is 1.98 bits per heavy atom. The van der Waals surface area contributed by atoms with Crippen LogP contribution in [0.25, 0.3) is 11.5 Å². The predicted molar refractivity (Wildman–Crippen MR) is 161 cm³/mol. The highest BCUT2D eigenvalue weighted by atomic mass is 16.5. The topological polar surface area (TPSA) is 131 Å². The molecule has 1 aromatic heterocycles. The third-order valence-corrected chi connectivity index (χ3v) is 7.68. The maximum atomic E-state index is 13.9. The lowest BCUT2D eigenvalue weighted by Gasteiger charge is -2.32. The van der Waals surface area contributed by atoms with E-state index in [0.29, 0.717) is 25.5 Å². The number of hydrogen-bond donors (Lipinski definition) is 3. The molecule has 0 bridgehead atoms. The van der Waals surface area contributed by atoms with Gasteiger partial charge in [0.05, 0.1) is 37.6 Å². The average Bonchev–Trinajstić information content (AvgIpc) is 3.71. The highest BCUT2D eigenvalue weighted by Gasteiger charge is 2.37. The number of aliphatic hydroxyl groups is 1. The maximum absolute atomic E-state index is 13.9. The minimum atomic E-state index is -0.886. The Hall–Kier alpha value is -3.79. The number of ether oxygens (including phenoxy) is 1. The lowest BCUT2D eigenvalue weighted by molar-refractivity contribution is -0.141. The van der Waals surface area contributed by atoms with Crippen LogP contribution in [0.2, 0.25) is 0 Å². The van der Waals surface area contributed by atoms with Gasteiger partial charge in [-0.05, 0) is 56.4 Å². The summed E-state index contributed by atoms with van der Waals surface area (Å²) < 4.78 is 11.5. The second kappa shape index (κ2) is 14.4. The van der Waals surface area contributed by atoms with Gasteiger partial charge in [-0.2, -0.15) is 0 Å². The van der Waals surface area contributed by atoms with E-state index >= 15 is 0 Å². The summed E-state index contributed by atoms with van der Waals surface area (Å²) in [5, 5.41) is 13.2. The van der Waals surface area contributed by atoms with Gasteiger partial charge in [-0.25, -0.2) is 4.98 Å². The monoisotopic (exact) mass is 574 g/mol. The van der Waals surface area contributed by atoms with Gasteiger partial charge in [0, 0.05) is 17.5 Å². The Morgan fingerprint density at radius 1 is 1.21 bits per heavy atom. The highest BCUT2D eigenvalue weighted by Crippen LogP contribution is 2.29. The molecule has 1 aliphatic heterocycles. The number of amides is 2. The molecule has 0 saturated carbocycles. The number of hydrogen-bond acceptors (Lipinski definition) is 7. The molecule has 9 heteroatoms. The Labute approximate surface area is 247 Å². The van der Waals surface area contributed by atoms with Gasteiger partial charge >= 0.3 is 0 Å². The molecule has 5 atom stereocenters. The van der Waals surface area contributed by atoms with Gasteiger partial charge in [0.15, 0.2) is 0 Å². The molecule has 224 valence electrons. The summed E-state index contributed by atoms with van der Waals surface area (Å²) in [4.78, 5) is 32.5. The third kappa shape index (κ3) is 8.15. The first-order chi connectivity index (χ1) is 20.2. The Balaban J connectivity index is 1.47. The summed E-state index contributed by atoms with van der Waals surface area (Å²) in [6.45, 7) is 6.19. The first kappa shape index (κ1) is 31.2. The fraction of sp³-hybridized carbons (Fsp3) is 0.424. The number of benzene rings is 2. The summed E-state index contributed by atoms with van der Waals surface area (Å²) >= 11 is 0. The summed E-state index contributed by atoms with van der Waals surface area (Å²) in [6, 6.07) is 15.8. The van der Waals surface area contributed by atoms with Crippen LogP contribution in [-0.2, 0) is 27.4 Å². The number of nitrogens with zero attached hydrogens (tertiary/aromatic N) is 2. The zero-order valence-corrected chi connectivity index (χ0v) is 24.6. The van der Waals surface area contributed by atoms with Crippen molar-refractivity contribution in [3.05, 3.63) is 90.3 Å². The number of carbonyl (C=O) groups excluding carboxylic acids is 2. The van der Waals surface area contributed by atoms with E-state index in [1.54, 1.807) is 31.2 Å². The number of aliphatic hydroxyl groups excluding tert-OH is 1. The summed E-state index contributed by atoms with van der Waals surface area (Å²) in [6.07, 6.45) is 8.81. The smallest absolute Gasteiger partial charge is 0.248 e.